The van der Waals surface area contributed by atoms with E-state index in [1.807, 2.05) is 12.1 Å². The van der Waals surface area contributed by atoms with E-state index < -0.39 is 0 Å². The quantitative estimate of drug-likeness (QED) is 0.812. The highest BCUT2D eigenvalue weighted by atomic mass is 16.7. The number of ether oxygens (including phenoxy) is 2. The molecule has 1 aromatic carbocycles. The number of benzene rings is 1. The van der Waals surface area contributed by atoms with E-state index >= 15 is 0 Å². The lowest BCUT2D eigenvalue weighted by Gasteiger charge is -2.37. The fraction of sp³-hybridized carbons (Fsp3) is 0.571. The van der Waals surface area contributed by atoms with Crippen molar-refractivity contribution in [2.24, 2.45) is 5.73 Å². The zero-order chi connectivity index (χ0) is 13.2. The summed E-state index contributed by atoms with van der Waals surface area (Å²) in [6.45, 7) is 8.56. The molecule has 2 N–H and O–H groups in total. The standard InChI is InChI=1S/C14H22N2O2/c1-4-16(5-2)14(3,15)9-11-6-7-12-13(8-11)18-10-17-12/h6-8H,4-5,9-10,15H2,1-3H3. The smallest absolute Gasteiger partial charge is 0.231 e. The fourth-order valence-corrected chi connectivity index (χ4v) is 2.52. The Hall–Kier alpha value is -1.26. The average molecular weight is 250 g/mol. The molecule has 4 heteroatoms. The van der Waals surface area contributed by atoms with Crippen LogP contribution in [0.3, 0.4) is 0 Å². The molecule has 1 aromatic rings. The van der Waals surface area contributed by atoms with Gasteiger partial charge in [0.15, 0.2) is 11.5 Å². The maximum atomic E-state index is 6.41. The summed E-state index contributed by atoms with van der Waals surface area (Å²) in [6.07, 6.45) is 0.797. The lowest BCUT2D eigenvalue weighted by molar-refractivity contribution is 0.123. The van der Waals surface area contributed by atoms with Crippen molar-refractivity contribution in [3.8, 4) is 11.5 Å². The molecule has 100 valence electrons. The van der Waals surface area contributed by atoms with Crippen LogP contribution in [0.4, 0.5) is 0 Å². The van der Waals surface area contributed by atoms with E-state index in [0.717, 1.165) is 31.0 Å². The van der Waals surface area contributed by atoms with Crippen LogP contribution in [0.1, 0.15) is 26.3 Å². The molecular weight excluding hydrogens is 228 g/mol. The molecule has 1 aliphatic heterocycles. The van der Waals surface area contributed by atoms with Gasteiger partial charge in [-0.05, 0) is 37.7 Å². The van der Waals surface area contributed by atoms with Crippen LogP contribution in [0.15, 0.2) is 18.2 Å². The van der Waals surface area contributed by atoms with Crippen LogP contribution in [-0.4, -0.2) is 30.4 Å². The molecule has 0 amide bonds. The molecule has 2 rings (SSSR count). The van der Waals surface area contributed by atoms with Crippen molar-refractivity contribution in [1.29, 1.82) is 0 Å². The Balaban J connectivity index is 2.13. The first kappa shape index (κ1) is 13.2. The summed E-state index contributed by atoms with van der Waals surface area (Å²) in [5, 5.41) is 0. The summed E-state index contributed by atoms with van der Waals surface area (Å²) in [7, 11) is 0. The molecule has 0 aromatic heterocycles. The van der Waals surface area contributed by atoms with Crippen molar-refractivity contribution in [3.63, 3.8) is 0 Å². The number of nitrogens with two attached hydrogens (primary N) is 1. The van der Waals surface area contributed by atoms with Crippen LogP contribution in [0.2, 0.25) is 0 Å². The zero-order valence-corrected chi connectivity index (χ0v) is 11.4. The number of hydrogen-bond acceptors (Lipinski definition) is 4. The van der Waals surface area contributed by atoms with Crippen molar-refractivity contribution in [3.05, 3.63) is 23.8 Å². The summed E-state index contributed by atoms with van der Waals surface area (Å²) in [5.41, 5.74) is 7.25. The summed E-state index contributed by atoms with van der Waals surface area (Å²) in [4.78, 5) is 2.26. The van der Waals surface area contributed by atoms with Crippen LogP contribution in [0.5, 0.6) is 11.5 Å². The maximum absolute atomic E-state index is 6.41. The molecular formula is C14H22N2O2. The third-order valence-corrected chi connectivity index (χ3v) is 3.48. The maximum Gasteiger partial charge on any atom is 0.231 e. The van der Waals surface area contributed by atoms with E-state index in [1.54, 1.807) is 0 Å². The minimum atomic E-state index is -0.336. The average Bonchev–Trinajstić information content (AvgIpc) is 2.76. The van der Waals surface area contributed by atoms with Crippen molar-refractivity contribution >= 4 is 0 Å². The zero-order valence-electron chi connectivity index (χ0n) is 11.4. The van der Waals surface area contributed by atoms with E-state index in [2.05, 4.69) is 31.7 Å². The normalized spacial score (nSPS) is 16.9. The van der Waals surface area contributed by atoms with Crippen LogP contribution >= 0.6 is 0 Å². The highest BCUT2D eigenvalue weighted by Crippen LogP contribution is 2.33. The van der Waals surface area contributed by atoms with E-state index in [1.165, 1.54) is 5.56 Å². The number of nitrogens with zero attached hydrogens (tertiary/aromatic N) is 1. The van der Waals surface area contributed by atoms with Gasteiger partial charge in [0.1, 0.15) is 0 Å². The molecule has 1 unspecified atom stereocenters. The molecule has 0 spiro atoms. The van der Waals surface area contributed by atoms with Gasteiger partial charge in [-0.2, -0.15) is 0 Å². The molecule has 1 aliphatic rings. The van der Waals surface area contributed by atoms with Crippen LogP contribution in [-0.2, 0) is 6.42 Å². The predicted molar refractivity (Wildman–Crippen MR) is 71.8 cm³/mol. The van der Waals surface area contributed by atoms with Crippen molar-refractivity contribution in [2.75, 3.05) is 19.9 Å². The number of likely N-dealkylation sites (N-methyl/N-ethyl adjacent to an activating group) is 1. The third kappa shape index (κ3) is 2.60. The van der Waals surface area contributed by atoms with Crippen molar-refractivity contribution in [1.82, 2.24) is 4.90 Å². The van der Waals surface area contributed by atoms with Crippen LogP contribution in [0, 0.1) is 0 Å². The van der Waals surface area contributed by atoms with E-state index in [0.29, 0.717) is 6.79 Å². The topological polar surface area (TPSA) is 47.7 Å². The highest BCUT2D eigenvalue weighted by molar-refractivity contribution is 5.44. The number of hydrogen-bond donors (Lipinski definition) is 1. The summed E-state index contributed by atoms with van der Waals surface area (Å²) < 4.78 is 10.7. The summed E-state index contributed by atoms with van der Waals surface area (Å²) >= 11 is 0. The number of rotatable bonds is 5. The van der Waals surface area contributed by atoms with Crippen molar-refractivity contribution in [2.45, 2.75) is 32.9 Å². The van der Waals surface area contributed by atoms with Gasteiger partial charge in [0.2, 0.25) is 6.79 Å². The van der Waals surface area contributed by atoms with Gasteiger partial charge in [0, 0.05) is 6.42 Å². The lowest BCUT2D eigenvalue weighted by Crippen LogP contribution is -2.55. The Labute approximate surface area is 109 Å². The Morgan fingerprint density at radius 2 is 1.89 bits per heavy atom. The van der Waals surface area contributed by atoms with Crippen LogP contribution < -0.4 is 15.2 Å². The minimum Gasteiger partial charge on any atom is -0.454 e. The van der Waals surface area contributed by atoms with Gasteiger partial charge in [-0.3, -0.25) is 4.90 Å². The molecule has 4 nitrogen and oxygen atoms in total. The van der Waals surface area contributed by atoms with E-state index in [-0.39, 0.29) is 5.66 Å². The van der Waals surface area contributed by atoms with E-state index in [9.17, 15) is 0 Å². The van der Waals surface area contributed by atoms with Gasteiger partial charge < -0.3 is 15.2 Å². The van der Waals surface area contributed by atoms with E-state index in [4.69, 9.17) is 15.2 Å². The Bertz CT molecular complexity index is 414. The van der Waals surface area contributed by atoms with Gasteiger partial charge in [-0.15, -0.1) is 0 Å². The van der Waals surface area contributed by atoms with Gasteiger partial charge in [-0.25, -0.2) is 0 Å². The Kier molecular flexibility index (Phi) is 3.78. The first-order valence-corrected chi connectivity index (χ1v) is 6.49. The summed E-state index contributed by atoms with van der Waals surface area (Å²) in [6, 6.07) is 6.04. The second-order valence-electron chi connectivity index (χ2n) is 4.89. The molecule has 0 fully saturated rings. The third-order valence-electron chi connectivity index (χ3n) is 3.48. The molecule has 1 atom stereocenters. The van der Waals surface area contributed by atoms with Crippen molar-refractivity contribution < 1.29 is 9.47 Å². The van der Waals surface area contributed by atoms with Gasteiger partial charge >= 0.3 is 0 Å². The predicted octanol–water partition coefficient (Wildman–Crippen LogP) is 1.97. The Morgan fingerprint density at radius 1 is 1.22 bits per heavy atom. The molecule has 1 heterocycles. The highest BCUT2D eigenvalue weighted by Gasteiger charge is 2.26. The molecule has 0 saturated heterocycles. The SMILES string of the molecule is CCN(CC)C(C)(N)Cc1ccc2c(c1)OCO2. The monoisotopic (exact) mass is 250 g/mol. The second kappa shape index (κ2) is 5.16. The largest absolute Gasteiger partial charge is 0.454 e. The first-order chi connectivity index (χ1) is 8.56. The van der Waals surface area contributed by atoms with Gasteiger partial charge in [-0.1, -0.05) is 19.9 Å². The first-order valence-electron chi connectivity index (χ1n) is 6.49. The molecule has 0 saturated carbocycles. The molecule has 18 heavy (non-hydrogen) atoms. The fourth-order valence-electron chi connectivity index (χ4n) is 2.52. The minimum absolute atomic E-state index is 0.314. The molecule has 0 aliphatic carbocycles. The molecule has 0 radical (unpaired) electrons. The lowest BCUT2D eigenvalue weighted by atomic mass is 10.00. The number of fused-ring (bicyclic) bond motifs is 1. The molecule has 0 bridgehead atoms. The Morgan fingerprint density at radius 3 is 2.56 bits per heavy atom. The van der Waals surface area contributed by atoms with Gasteiger partial charge in [0.25, 0.3) is 0 Å². The second-order valence-corrected chi connectivity index (χ2v) is 4.89. The summed E-state index contributed by atoms with van der Waals surface area (Å²) in [5.74, 6) is 1.64. The van der Waals surface area contributed by atoms with Crippen LogP contribution in [0.25, 0.3) is 0 Å². The van der Waals surface area contributed by atoms with Gasteiger partial charge in [0.05, 0.1) is 5.66 Å².